The molecule has 0 aliphatic rings. The summed E-state index contributed by atoms with van der Waals surface area (Å²) in [5.41, 5.74) is 2.42. The van der Waals surface area contributed by atoms with Gasteiger partial charge in [-0.05, 0) is 30.2 Å². The molecule has 0 saturated heterocycles. The lowest BCUT2D eigenvalue weighted by molar-refractivity contribution is -0.254. The zero-order valence-electron chi connectivity index (χ0n) is 13.4. The number of nitrogens with zero attached hydrogens (tertiary/aromatic N) is 1. The van der Waals surface area contributed by atoms with Crippen LogP contribution in [0.25, 0.3) is 11.1 Å². The van der Waals surface area contributed by atoms with Crippen molar-refractivity contribution in [2.24, 2.45) is 0 Å². The molecular formula is C19H14NO4S-. The van der Waals surface area contributed by atoms with Crippen LogP contribution < -0.4 is 9.84 Å². The van der Waals surface area contributed by atoms with Crippen LogP contribution >= 0.6 is 11.3 Å². The number of aromatic nitrogens is 1. The maximum Gasteiger partial charge on any atom is 0.228 e. The van der Waals surface area contributed by atoms with E-state index in [9.17, 15) is 14.7 Å². The van der Waals surface area contributed by atoms with Crippen LogP contribution in [0.5, 0.6) is 5.75 Å². The van der Waals surface area contributed by atoms with Crippen LogP contribution in [0.3, 0.4) is 0 Å². The van der Waals surface area contributed by atoms with Gasteiger partial charge in [-0.15, -0.1) is 11.3 Å². The Hall–Kier alpha value is -2.99. The number of carbonyl (C=O) groups is 2. The van der Waals surface area contributed by atoms with E-state index < -0.39 is 5.97 Å². The number of ether oxygens (including phenoxy) is 1. The monoisotopic (exact) mass is 352 g/mol. The Morgan fingerprint density at radius 3 is 2.28 bits per heavy atom. The number of carboxylic acid groups (broad SMARTS) is 1. The van der Waals surface area contributed by atoms with E-state index in [-0.39, 0.29) is 28.0 Å². The Kier molecular flexibility index (Phi) is 4.90. The smallest absolute Gasteiger partial charge is 0.228 e. The molecule has 6 heteroatoms. The summed E-state index contributed by atoms with van der Waals surface area (Å²) in [5, 5.41) is 11.0. The minimum atomic E-state index is -1.33. The van der Waals surface area contributed by atoms with Gasteiger partial charge in [0.25, 0.3) is 0 Å². The van der Waals surface area contributed by atoms with Crippen LogP contribution in [-0.4, -0.2) is 23.3 Å². The number of ketones is 1. The van der Waals surface area contributed by atoms with Gasteiger partial charge >= 0.3 is 0 Å². The van der Waals surface area contributed by atoms with Crippen molar-refractivity contribution in [1.29, 1.82) is 0 Å². The minimum Gasteiger partial charge on any atom is -0.544 e. The van der Waals surface area contributed by atoms with Crippen molar-refractivity contribution in [2.75, 3.05) is 6.61 Å². The number of Topliss-reactive ketones (excluding diaryl/α,β-unsaturated/α-hetero) is 1. The molecule has 0 saturated carbocycles. The predicted octanol–water partition coefficient (Wildman–Crippen LogP) is 2.74. The van der Waals surface area contributed by atoms with Crippen LogP contribution in [0.4, 0.5) is 0 Å². The van der Waals surface area contributed by atoms with Crippen molar-refractivity contribution >= 4 is 23.1 Å². The molecule has 0 radical (unpaired) electrons. The second kappa shape index (κ2) is 7.27. The van der Waals surface area contributed by atoms with Crippen molar-refractivity contribution < 1.29 is 19.4 Å². The van der Waals surface area contributed by atoms with Gasteiger partial charge in [0.1, 0.15) is 5.75 Å². The van der Waals surface area contributed by atoms with Crippen molar-refractivity contribution in [3.8, 4) is 16.9 Å². The molecule has 126 valence electrons. The zero-order chi connectivity index (χ0) is 17.8. The third-order valence-corrected chi connectivity index (χ3v) is 4.73. The number of thiazole rings is 1. The third-order valence-electron chi connectivity index (χ3n) is 3.55. The summed E-state index contributed by atoms with van der Waals surface area (Å²) in [5.74, 6) is -1.14. The molecule has 2 aromatic carbocycles. The molecule has 1 heterocycles. The first kappa shape index (κ1) is 16.9. The lowest BCUT2D eigenvalue weighted by Gasteiger charge is -2.06. The fourth-order valence-corrected chi connectivity index (χ4v) is 3.12. The normalized spacial score (nSPS) is 10.4. The van der Waals surface area contributed by atoms with E-state index in [4.69, 9.17) is 4.74 Å². The van der Waals surface area contributed by atoms with E-state index in [1.54, 1.807) is 12.1 Å². The molecule has 0 fully saturated rings. The fourth-order valence-electron chi connectivity index (χ4n) is 2.29. The quantitative estimate of drug-likeness (QED) is 0.637. The molecule has 0 aliphatic heterocycles. The predicted molar refractivity (Wildman–Crippen MR) is 92.9 cm³/mol. The van der Waals surface area contributed by atoms with Gasteiger partial charge in [-0.2, -0.15) is 0 Å². The van der Waals surface area contributed by atoms with Crippen LogP contribution in [0.2, 0.25) is 0 Å². The summed E-state index contributed by atoms with van der Waals surface area (Å²) in [6, 6.07) is 17.3. The van der Waals surface area contributed by atoms with Crippen LogP contribution in [0.1, 0.15) is 25.2 Å². The number of aryl methyl sites for hydroxylation is 1. The molecule has 0 N–H and O–H groups in total. The average molecular weight is 352 g/mol. The Morgan fingerprint density at radius 2 is 1.68 bits per heavy atom. The number of hydrogen-bond donors (Lipinski definition) is 0. The van der Waals surface area contributed by atoms with Gasteiger partial charge in [-0.1, -0.05) is 42.5 Å². The SMILES string of the molecule is Cc1nc(C(=O)COc2ccc(-c3ccccc3)cc2)sc1C(=O)[O-]. The Bertz CT molecular complexity index is 901. The summed E-state index contributed by atoms with van der Waals surface area (Å²) >= 11 is 0.808. The van der Waals surface area contributed by atoms with E-state index in [1.165, 1.54) is 6.92 Å². The molecule has 1 aromatic heterocycles. The second-order valence-electron chi connectivity index (χ2n) is 5.32. The van der Waals surface area contributed by atoms with Gasteiger partial charge < -0.3 is 14.6 Å². The van der Waals surface area contributed by atoms with Gasteiger partial charge in [0.15, 0.2) is 11.6 Å². The number of rotatable bonds is 6. The molecule has 0 spiro atoms. The summed E-state index contributed by atoms with van der Waals surface area (Å²) in [7, 11) is 0. The number of hydrogen-bond acceptors (Lipinski definition) is 6. The lowest BCUT2D eigenvalue weighted by atomic mass is 10.1. The summed E-state index contributed by atoms with van der Waals surface area (Å²) < 4.78 is 5.48. The average Bonchev–Trinajstić information content (AvgIpc) is 3.03. The van der Waals surface area contributed by atoms with Gasteiger partial charge in [-0.25, -0.2) is 4.98 Å². The van der Waals surface area contributed by atoms with E-state index >= 15 is 0 Å². The van der Waals surface area contributed by atoms with Crippen molar-refractivity contribution in [3.63, 3.8) is 0 Å². The number of carbonyl (C=O) groups excluding carboxylic acids is 2. The Labute approximate surface area is 148 Å². The fraction of sp³-hybridized carbons (Fsp3) is 0.105. The van der Waals surface area contributed by atoms with E-state index in [2.05, 4.69) is 4.98 Å². The van der Waals surface area contributed by atoms with Crippen LogP contribution in [-0.2, 0) is 0 Å². The first-order valence-electron chi connectivity index (χ1n) is 7.55. The molecule has 0 aliphatic carbocycles. The highest BCUT2D eigenvalue weighted by molar-refractivity contribution is 7.15. The topological polar surface area (TPSA) is 79.3 Å². The standard InChI is InChI=1S/C19H15NO4S/c1-12-17(19(22)23)25-18(20-12)16(21)11-24-15-9-7-14(8-10-15)13-5-3-2-4-6-13/h2-10H,11H2,1H3,(H,22,23)/p-1. The van der Waals surface area contributed by atoms with Crippen molar-refractivity contribution in [1.82, 2.24) is 4.98 Å². The molecular weight excluding hydrogens is 338 g/mol. The van der Waals surface area contributed by atoms with Gasteiger partial charge in [0.05, 0.1) is 16.5 Å². The zero-order valence-corrected chi connectivity index (χ0v) is 14.2. The van der Waals surface area contributed by atoms with Crippen molar-refractivity contribution in [2.45, 2.75) is 6.92 Å². The minimum absolute atomic E-state index is 0.0319. The lowest BCUT2D eigenvalue weighted by Crippen LogP contribution is -2.21. The Balaban J connectivity index is 1.64. The molecule has 3 aromatic rings. The first-order chi connectivity index (χ1) is 12.0. The van der Waals surface area contributed by atoms with Gasteiger partial charge in [0.2, 0.25) is 5.78 Å². The molecule has 3 rings (SSSR count). The van der Waals surface area contributed by atoms with Crippen LogP contribution in [0, 0.1) is 6.92 Å². The van der Waals surface area contributed by atoms with Crippen LogP contribution in [0.15, 0.2) is 54.6 Å². The largest absolute Gasteiger partial charge is 0.544 e. The summed E-state index contributed by atoms with van der Waals surface area (Å²) in [6.45, 7) is 1.33. The number of aromatic carboxylic acids is 1. The van der Waals surface area contributed by atoms with E-state index in [0.717, 1.165) is 22.5 Å². The van der Waals surface area contributed by atoms with E-state index in [0.29, 0.717) is 5.75 Å². The van der Waals surface area contributed by atoms with Gasteiger partial charge in [0, 0.05) is 0 Å². The maximum atomic E-state index is 12.1. The second-order valence-corrected chi connectivity index (χ2v) is 6.32. The Morgan fingerprint density at radius 1 is 1.04 bits per heavy atom. The molecule has 5 nitrogen and oxygen atoms in total. The highest BCUT2D eigenvalue weighted by Gasteiger charge is 2.15. The molecule has 0 bridgehead atoms. The third kappa shape index (κ3) is 3.92. The highest BCUT2D eigenvalue weighted by Crippen LogP contribution is 2.22. The molecule has 0 atom stereocenters. The number of carboxylic acids is 1. The maximum absolute atomic E-state index is 12.1. The van der Waals surface area contributed by atoms with Gasteiger partial charge in [-0.3, -0.25) is 4.79 Å². The van der Waals surface area contributed by atoms with E-state index in [1.807, 2.05) is 42.5 Å². The molecule has 0 amide bonds. The highest BCUT2D eigenvalue weighted by atomic mass is 32.1. The number of benzene rings is 2. The first-order valence-corrected chi connectivity index (χ1v) is 8.36. The molecule has 0 unspecified atom stereocenters. The summed E-state index contributed by atoms with van der Waals surface area (Å²) in [6.07, 6.45) is 0. The van der Waals surface area contributed by atoms with Crippen molar-refractivity contribution in [3.05, 3.63) is 70.2 Å². The molecule has 25 heavy (non-hydrogen) atoms. The summed E-state index contributed by atoms with van der Waals surface area (Å²) in [4.78, 5) is 26.9.